The molecule has 8 nitrogen and oxygen atoms in total. The molecule has 0 saturated heterocycles. The normalized spacial score (nSPS) is 10.7. The molecule has 158 valence electrons. The second-order valence-corrected chi connectivity index (χ2v) is 6.67. The van der Waals surface area contributed by atoms with Gasteiger partial charge >= 0.3 is 5.97 Å². The average Bonchev–Trinajstić information content (AvgIpc) is 3.09. The number of ether oxygens (including phenoxy) is 3. The molecule has 30 heavy (non-hydrogen) atoms. The quantitative estimate of drug-likeness (QED) is 0.570. The van der Waals surface area contributed by atoms with Gasteiger partial charge in [-0.1, -0.05) is 6.07 Å². The molecule has 8 heteroatoms. The van der Waals surface area contributed by atoms with Crippen LogP contribution in [0.2, 0.25) is 0 Å². The monoisotopic (exact) mass is 411 g/mol. The van der Waals surface area contributed by atoms with Crippen molar-refractivity contribution in [1.82, 2.24) is 9.38 Å². The Labute approximate surface area is 174 Å². The van der Waals surface area contributed by atoms with Gasteiger partial charge in [-0.15, -0.1) is 0 Å². The van der Waals surface area contributed by atoms with Crippen LogP contribution in [-0.4, -0.2) is 42.1 Å². The molecule has 0 saturated carbocycles. The number of hydrogen-bond acceptors (Lipinski definition) is 6. The van der Waals surface area contributed by atoms with Gasteiger partial charge in [-0.05, 0) is 43.7 Å². The van der Waals surface area contributed by atoms with Crippen molar-refractivity contribution in [3.05, 3.63) is 42.1 Å². The van der Waals surface area contributed by atoms with Crippen molar-refractivity contribution in [1.29, 1.82) is 0 Å². The molecule has 3 rings (SSSR count). The lowest BCUT2D eigenvalue weighted by molar-refractivity contribution is -0.144. The van der Waals surface area contributed by atoms with Crippen molar-refractivity contribution in [2.24, 2.45) is 0 Å². The number of pyridine rings is 1. The molecule has 1 N–H and O–H groups in total. The number of methoxy groups -OCH3 is 2. The number of anilines is 1. The van der Waals surface area contributed by atoms with Gasteiger partial charge in [0.2, 0.25) is 5.91 Å². The summed E-state index contributed by atoms with van der Waals surface area (Å²) in [6.07, 6.45) is 1.93. The number of benzene rings is 1. The summed E-state index contributed by atoms with van der Waals surface area (Å²) < 4.78 is 17.4. The summed E-state index contributed by atoms with van der Waals surface area (Å²) in [7, 11) is 3.13. The van der Waals surface area contributed by atoms with Crippen molar-refractivity contribution >= 4 is 23.3 Å². The Morgan fingerprint density at radius 3 is 2.53 bits per heavy atom. The van der Waals surface area contributed by atoms with Gasteiger partial charge in [-0.25, -0.2) is 4.98 Å². The summed E-state index contributed by atoms with van der Waals surface area (Å²) in [5, 5.41) is 2.90. The number of esters is 1. The standard InChI is InChI=1S/C22H25N3O5/c1-5-30-20(27)11-10-19(26)24-22-21(23-18-9-6-14(2)13-25(18)22)15-7-8-16(28-3)17(12-15)29-4/h6-9,12-13H,5,10-11H2,1-4H3,(H,24,26). The highest BCUT2D eigenvalue weighted by atomic mass is 16.5. The first kappa shape index (κ1) is 21.2. The van der Waals surface area contributed by atoms with Crippen LogP contribution in [0.15, 0.2) is 36.5 Å². The summed E-state index contributed by atoms with van der Waals surface area (Å²) >= 11 is 0. The van der Waals surface area contributed by atoms with Gasteiger partial charge in [0.15, 0.2) is 11.5 Å². The van der Waals surface area contributed by atoms with Gasteiger partial charge in [0.1, 0.15) is 17.2 Å². The number of imidazole rings is 1. The van der Waals surface area contributed by atoms with E-state index in [-0.39, 0.29) is 25.4 Å². The van der Waals surface area contributed by atoms with Crippen LogP contribution in [0.5, 0.6) is 11.5 Å². The van der Waals surface area contributed by atoms with Crippen molar-refractivity contribution in [3.8, 4) is 22.8 Å². The Bertz CT molecular complexity index is 1070. The second-order valence-electron chi connectivity index (χ2n) is 6.67. The highest BCUT2D eigenvalue weighted by Crippen LogP contribution is 2.35. The van der Waals surface area contributed by atoms with E-state index in [9.17, 15) is 9.59 Å². The predicted octanol–water partition coefficient (Wildman–Crippen LogP) is 3.61. The van der Waals surface area contributed by atoms with Crippen molar-refractivity contribution < 1.29 is 23.8 Å². The fraction of sp³-hybridized carbons (Fsp3) is 0.318. The SMILES string of the molecule is CCOC(=O)CCC(=O)Nc1c(-c2ccc(OC)c(OC)c2)nc2ccc(C)cn12. The largest absolute Gasteiger partial charge is 0.493 e. The lowest BCUT2D eigenvalue weighted by Gasteiger charge is -2.11. The summed E-state index contributed by atoms with van der Waals surface area (Å²) in [6.45, 7) is 3.98. The number of amides is 1. The first-order chi connectivity index (χ1) is 14.5. The minimum absolute atomic E-state index is 0.0150. The zero-order valence-corrected chi connectivity index (χ0v) is 17.5. The Morgan fingerprint density at radius 2 is 1.83 bits per heavy atom. The maximum absolute atomic E-state index is 12.6. The number of nitrogens with one attached hydrogen (secondary N) is 1. The molecule has 0 fully saturated rings. The zero-order chi connectivity index (χ0) is 21.7. The van der Waals surface area contributed by atoms with Gasteiger partial charge in [0.25, 0.3) is 0 Å². The highest BCUT2D eigenvalue weighted by molar-refractivity contribution is 5.96. The van der Waals surface area contributed by atoms with Crippen LogP contribution in [-0.2, 0) is 14.3 Å². The molecule has 1 aromatic carbocycles. The number of hydrogen-bond donors (Lipinski definition) is 1. The van der Waals surface area contributed by atoms with E-state index in [2.05, 4.69) is 5.32 Å². The predicted molar refractivity (Wildman–Crippen MR) is 113 cm³/mol. The van der Waals surface area contributed by atoms with Gasteiger partial charge in [-0.3, -0.25) is 14.0 Å². The van der Waals surface area contributed by atoms with Gasteiger partial charge in [0.05, 0.1) is 27.2 Å². The van der Waals surface area contributed by atoms with Crippen LogP contribution in [0.3, 0.4) is 0 Å². The minimum Gasteiger partial charge on any atom is -0.493 e. The maximum Gasteiger partial charge on any atom is 0.306 e. The molecule has 2 heterocycles. The molecular formula is C22H25N3O5. The number of rotatable bonds is 8. The summed E-state index contributed by atoms with van der Waals surface area (Å²) in [5.41, 5.74) is 3.05. The molecule has 0 bridgehead atoms. The first-order valence-corrected chi connectivity index (χ1v) is 9.63. The molecule has 0 spiro atoms. The lowest BCUT2D eigenvalue weighted by atomic mass is 10.1. The topological polar surface area (TPSA) is 91.2 Å². The van der Waals surface area contributed by atoms with Crippen molar-refractivity contribution in [3.63, 3.8) is 0 Å². The van der Waals surface area contributed by atoms with Crippen LogP contribution in [0, 0.1) is 6.92 Å². The van der Waals surface area contributed by atoms with E-state index in [0.29, 0.717) is 28.7 Å². The number of carbonyl (C=O) groups is 2. The number of nitrogens with zero attached hydrogens (tertiary/aromatic N) is 2. The van der Waals surface area contributed by atoms with E-state index in [1.165, 1.54) is 0 Å². The molecule has 1 amide bonds. The van der Waals surface area contributed by atoms with Crippen LogP contribution < -0.4 is 14.8 Å². The molecule has 0 radical (unpaired) electrons. The van der Waals surface area contributed by atoms with E-state index < -0.39 is 5.97 Å². The molecule has 0 aliphatic carbocycles. The fourth-order valence-corrected chi connectivity index (χ4v) is 3.10. The summed E-state index contributed by atoms with van der Waals surface area (Å²) in [6, 6.07) is 9.28. The molecule has 2 aromatic heterocycles. The molecule has 0 atom stereocenters. The van der Waals surface area contributed by atoms with Crippen LogP contribution in [0.4, 0.5) is 5.82 Å². The Hall–Kier alpha value is -3.55. The maximum atomic E-state index is 12.6. The van der Waals surface area contributed by atoms with Gasteiger partial charge in [-0.2, -0.15) is 0 Å². The zero-order valence-electron chi connectivity index (χ0n) is 17.5. The highest BCUT2D eigenvalue weighted by Gasteiger charge is 2.19. The van der Waals surface area contributed by atoms with Gasteiger partial charge < -0.3 is 19.5 Å². The summed E-state index contributed by atoms with van der Waals surface area (Å²) in [4.78, 5) is 28.8. The van der Waals surface area contributed by atoms with E-state index in [1.807, 2.05) is 41.8 Å². The smallest absolute Gasteiger partial charge is 0.306 e. The number of carbonyl (C=O) groups excluding carboxylic acids is 2. The van der Waals surface area contributed by atoms with E-state index >= 15 is 0 Å². The van der Waals surface area contributed by atoms with Crippen molar-refractivity contribution in [2.45, 2.75) is 26.7 Å². The molecule has 0 aliphatic heterocycles. The number of aromatic nitrogens is 2. The average molecular weight is 411 g/mol. The molecule has 0 aliphatic rings. The minimum atomic E-state index is -0.401. The van der Waals surface area contributed by atoms with E-state index in [4.69, 9.17) is 19.2 Å². The van der Waals surface area contributed by atoms with Gasteiger partial charge in [0, 0.05) is 18.2 Å². The van der Waals surface area contributed by atoms with Crippen molar-refractivity contribution in [2.75, 3.05) is 26.1 Å². The second kappa shape index (κ2) is 9.30. The van der Waals surface area contributed by atoms with E-state index in [1.54, 1.807) is 27.2 Å². The molecule has 0 unspecified atom stereocenters. The van der Waals surface area contributed by atoms with Crippen LogP contribution >= 0.6 is 0 Å². The number of aryl methyl sites for hydroxylation is 1. The molecular weight excluding hydrogens is 386 g/mol. The third-order valence-electron chi connectivity index (χ3n) is 4.54. The fourth-order valence-electron chi connectivity index (χ4n) is 3.10. The molecule has 3 aromatic rings. The lowest BCUT2D eigenvalue weighted by Crippen LogP contribution is -2.16. The van der Waals surface area contributed by atoms with Crippen LogP contribution in [0.25, 0.3) is 16.9 Å². The Kier molecular flexibility index (Phi) is 6.56. The Morgan fingerprint density at radius 1 is 1.07 bits per heavy atom. The van der Waals surface area contributed by atoms with E-state index in [0.717, 1.165) is 11.1 Å². The summed E-state index contributed by atoms with van der Waals surface area (Å²) in [5.74, 6) is 0.980. The Balaban J connectivity index is 1.99. The third-order valence-corrected chi connectivity index (χ3v) is 4.54. The first-order valence-electron chi connectivity index (χ1n) is 9.63. The van der Waals surface area contributed by atoms with Crippen LogP contribution in [0.1, 0.15) is 25.3 Å². The third kappa shape index (κ3) is 4.53. The number of fused-ring (bicyclic) bond motifs is 1.